The van der Waals surface area contributed by atoms with Crippen molar-refractivity contribution in [2.75, 3.05) is 72.6 Å². The van der Waals surface area contributed by atoms with Crippen LogP contribution in [0.2, 0.25) is 0 Å². The van der Waals surface area contributed by atoms with Crippen LogP contribution < -0.4 is 5.73 Å². The van der Waals surface area contributed by atoms with Crippen molar-refractivity contribution >= 4 is 5.97 Å². The molecule has 0 rings (SSSR count). The Morgan fingerprint density at radius 3 is 1.22 bits per heavy atom. The van der Waals surface area contributed by atoms with Gasteiger partial charge in [-0.2, -0.15) is 0 Å². The molecule has 2 N–H and O–H groups in total. The first-order valence-corrected chi connectivity index (χ1v) is 23.3. The molecule has 0 fully saturated rings. The highest BCUT2D eigenvalue weighted by Crippen LogP contribution is 2.12. The Kier molecular flexibility index (Phi) is 47.7. The molecule has 0 heterocycles. The third-order valence-corrected chi connectivity index (χ3v) is 9.79. The SMILES string of the molecule is CCCCCCCC/C=C\CCCCCCCCOCC(OCCCCCCCC/C=C\CCCCCCCC)C(=O)OCCOCCOCCOCCN. The molecule has 0 bridgehead atoms. The Hall–Kier alpha value is -1.29. The van der Waals surface area contributed by atoms with Crippen LogP contribution in [0.3, 0.4) is 0 Å². The van der Waals surface area contributed by atoms with Gasteiger partial charge in [-0.3, -0.25) is 0 Å². The van der Waals surface area contributed by atoms with E-state index in [1.54, 1.807) is 0 Å². The molecule has 0 aromatic rings. The molecule has 0 aliphatic rings. The van der Waals surface area contributed by atoms with Crippen molar-refractivity contribution in [3.8, 4) is 0 Å². The Morgan fingerprint density at radius 2 is 0.782 bits per heavy atom. The highest BCUT2D eigenvalue weighted by Gasteiger charge is 2.21. The largest absolute Gasteiger partial charge is 0.461 e. The zero-order chi connectivity index (χ0) is 39.8. The number of unbranched alkanes of at least 4 members (excludes halogenated alkanes) is 24. The average molecular weight is 782 g/mol. The molecule has 1 unspecified atom stereocenters. The van der Waals surface area contributed by atoms with Gasteiger partial charge in [0, 0.05) is 19.8 Å². The molecule has 0 aliphatic carbocycles. The quantitative estimate of drug-likeness (QED) is 0.0370. The first kappa shape index (κ1) is 53.7. The summed E-state index contributed by atoms with van der Waals surface area (Å²) in [5, 5.41) is 0. The van der Waals surface area contributed by atoms with Crippen LogP contribution >= 0.6 is 0 Å². The first-order chi connectivity index (χ1) is 27.3. The van der Waals surface area contributed by atoms with Gasteiger partial charge in [-0.05, 0) is 64.2 Å². The molecule has 55 heavy (non-hydrogen) atoms. The molecule has 0 aromatic carbocycles. The van der Waals surface area contributed by atoms with E-state index in [0.717, 1.165) is 25.7 Å². The normalized spacial score (nSPS) is 12.4. The van der Waals surface area contributed by atoms with Gasteiger partial charge in [-0.25, -0.2) is 4.79 Å². The van der Waals surface area contributed by atoms with Crippen molar-refractivity contribution < 1.29 is 33.2 Å². The zero-order valence-corrected chi connectivity index (χ0v) is 36.4. The van der Waals surface area contributed by atoms with Crippen LogP contribution in [0.1, 0.15) is 194 Å². The number of rotatable bonds is 47. The van der Waals surface area contributed by atoms with Gasteiger partial charge in [0.2, 0.25) is 0 Å². The smallest absolute Gasteiger partial charge is 0.337 e. The number of nitrogens with two attached hydrogens (primary N) is 1. The molecule has 0 saturated heterocycles. The fourth-order valence-electron chi connectivity index (χ4n) is 6.32. The summed E-state index contributed by atoms with van der Waals surface area (Å²) in [6, 6.07) is 0. The van der Waals surface area contributed by atoms with Gasteiger partial charge in [0.15, 0.2) is 6.10 Å². The van der Waals surface area contributed by atoms with E-state index >= 15 is 0 Å². The van der Waals surface area contributed by atoms with E-state index in [4.69, 9.17) is 34.2 Å². The van der Waals surface area contributed by atoms with Crippen LogP contribution in [0.4, 0.5) is 0 Å². The fraction of sp³-hybridized carbons (Fsp3) is 0.894. The van der Waals surface area contributed by atoms with E-state index in [-0.39, 0.29) is 19.2 Å². The molecule has 0 amide bonds. The molecule has 326 valence electrons. The Bertz CT molecular complexity index is 793. The number of esters is 1. The van der Waals surface area contributed by atoms with E-state index in [0.29, 0.717) is 59.4 Å². The summed E-state index contributed by atoms with van der Waals surface area (Å²) in [5.41, 5.74) is 5.40. The van der Waals surface area contributed by atoms with Crippen molar-refractivity contribution in [2.24, 2.45) is 5.73 Å². The van der Waals surface area contributed by atoms with Crippen molar-refractivity contribution in [1.29, 1.82) is 0 Å². The molecule has 1 atom stereocenters. The Balaban J connectivity index is 4.10. The van der Waals surface area contributed by atoms with Crippen LogP contribution in [0, 0.1) is 0 Å². The molecule has 0 aliphatic heterocycles. The van der Waals surface area contributed by atoms with Crippen molar-refractivity contribution in [1.82, 2.24) is 0 Å². The van der Waals surface area contributed by atoms with Gasteiger partial charge >= 0.3 is 5.97 Å². The van der Waals surface area contributed by atoms with E-state index in [9.17, 15) is 4.79 Å². The minimum atomic E-state index is -0.700. The second-order valence-electron chi connectivity index (χ2n) is 15.1. The van der Waals surface area contributed by atoms with E-state index in [2.05, 4.69) is 38.2 Å². The molecule has 0 spiro atoms. The van der Waals surface area contributed by atoms with Crippen LogP contribution in [-0.2, 0) is 33.2 Å². The predicted octanol–water partition coefficient (Wildman–Crippen LogP) is 12.0. The third-order valence-electron chi connectivity index (χ3n) is 9.79. The lowest BCUT2D eigenvalue weighted by Gasteiger charge is -2.17. The van der Waals surface area contributed by atoms with Crippen LogP contribution in [0.25, 0.3) is 0 Å². The number of hydrogen-bond acceptors (Lipinski definition) is 8. The zero-order valence-electron chi connectivity index (χ0n) is 36.4. The van der Waals surface area contributed by atoms with Gasteiger partial charge in [0.25, 0.3) is 0 Å². The fourth-order valence-corrected chi connectivity index (χ4v) is 6.32. The third kappa shape index (κ3) is 45.3. The average Bonchev–Trinajstić information content (AvgIpc) is 3.19. The monoisotopic (exact) mass is 782 g/mol. The molecular weight excluding hydrogens is 691 g/mol. The molecule has 8 heteroatoms. The summed E-state index contributed by atoms with van der Waals surface area (Å²) in [7, 11) is 0. The second kappa shape index (κ2) is 48.9. The summed E-state index contributed by atoms with van der Waals surface area (Å²) < 4.78 is 33.7. The number of ether oxygens (including phenoxy) is 6. The molecule has 0 aromatic heterocycles. The van der Waals surface area contributed by atoms with Gasteiger partial charge in [-0.1, -0.05) is 154 Å². The van der Waals surface area contributed by atoms with Gasteiger partial charge < -0.3 is 34.2 Å². The van der Waals surface area contributed by atoms with Gasteiger partial charge in [0.1, 0.15) is 6.61 Å². The van der Waals surface area contributed by atoms with Crippen LogP contribution in [0.15, 0.2) is 24.3 Å². The summed E-state index contributed by atoms with van der Waals surface area (Å²) in [6.07, 6.45) is 44.4. The Labute approximate surface area is 340 Å². The predicted molar refractivity (Wildman–Crippen MR) is 232 cm³/mol. The topological polar surface area (TPSA) is 98.5 Å². The second-order valence-corrected chi connectivity index (χ2v) is 15.1. The Morgan fingerprint density at radius 1 is 0.418 bits per heavy atom. The van der Waals surface area contributed by atoms with Gasteiger partial charge in [-0.15, -0.1) is 0 Å². The van der Waals surface area contributed by atoms with Crippen molar-refractivity contribution in [3.05, 3.63) is 24.3 Å². The minimum absolute atomic E-state index is 0.182. The summed E-state index contributed by atoms with van der Waals surface area (Å²) >= 11 is 0. The summed E-state index contributed by atoms with van der Waals surface area (Å²) in [5.74, 6) is -0.373. The first-order valence-electron chi connectivity index (χ1n) is 23.3. The van der Waals surface area contributed by atoms with E-state index < -0.39 is 6.10 Å². The van der Waals surface area contributed by atoms with Crippen LogP contribution in [0.5, 0.6) is 0 Å². The lowest BCUT2D eigenvalue weighted by molar-refractivity contribution is -0.163. The van der Waals surface area contributed by atoms with Crippen molar-refractivity contribution in [2.45, 2.75) is 200 Å². The molecule has 0 radical (unpaired) electrons. The standard InChI is InChI=1S/C47H91NO7/c1-3-5-7-9-11-13-15-17-19-21-23-25-27-29-31-33-36-53-45-46(47(49)55-44-43-52-42-41-51-40-39-50-38-35-48)54-37-34-32-30-28-26-24-22-20-18-16-14-12-10-8-6-4-2/h17-20,46H,3-16,21-45,48H2,1-2H3/b19-17-,20-18-. The molecule has 0 saturated carbocycles. The highest BCUT2D eigenvalue weighted by atomic mass is 16.6. The number of allylic oxidation sites excluding steroid dienone is 4. The lowest BCUT2D eigenvalue weighted by Crippen LogP contribution is -2.32. The van der Waals surface area contributed by atoms with Gasteiger partial charge in [0.05, 0.1) is 46.2 Å². The maximum Gasteiger partial charge on any atom is 0.337 e. The lowest BCUT2D eigenvalue weighted by atomic mass is 10.1. The molecular formula is C47H91NO7. The summed E-state index contributed by atoms with van der Waals surface area (Å²) in [6.45, 7) is 9.44. The van der Waals surface area contributed by atoms with E-state index in [1.807, 2.05) is 0 Å². The van der Waals surface area contributed by atoms with Crippen molar-refractivity contribution in [3.63, 3.8) is 0 Å². The number of carbonyl (C=O) groups is 1. The minimum Gasteiger partial charge on any atom is -0.461 e. The summed E-state index contributed by atoms with van der Waals surface area (Å²) in [4.78, 5) is 12.9. The highest BCUT2D eigenvalue weighted by molar-refractivity contribution is 5.74. The maximum absolute atomic E-state index is 12.9. The maximum atomic E-state index is 12.9. The van der Waals surface area contributed by atoms with Crippen LogP contribution in [-0.4, -0.2) is 84.7 Å². The number of hydrogen-bond donors (Lipinski definition) is 1. The molecule has 8 nitrogen and oxygen atoms in total. The number of carbonyl (C=O) groups excluding carboxylic acids is 1. The van der Waals surface area contributed by atoms with E-state index in [1.165, 1.54) is 154 Å².